The quantitative estimate of drug-likeness (QED) is 0.597. The van der Waals surface area contributed by atoms with Crippen molar-refractivity contribution in [3.63, 3.8) is 0 Å². The fourth-order valence-electron chi connectivity index (χ4n) is 2.35. The fraction of sp³-hybridized carbons (Fsp3) is 0.583. The number of carbonyl (C=O) groups is 1. The normalized spacial score (nSPS) is 32.2. The Morgan fingerprint density at radius 3 is 3.00 bits per heavy atom. The zero-order valence-electron chi connectivity index (χ0n) is 8.58. The van der Waals surface area contributed by atoms with Crippen molar-refractivity contribution < 1.29 is 9.53 Å². The molecule has 0 aromatic carbocycles. The van der Waals surface area contributed by atoms with Crippen LogP contribution < -0.4 is 0 Å². The van der Waals surface area contributed by atoms with Crippen molar-refractivity contribution in [3.8, 4) is 0 Å². The van der Waals surface area contributed by atoms with Crippen LogP contribution in [0.4, 0.5) is 0 Å². The molecule has 2 heteroatoms. The van der Waals surface area contributed by atoms with E-state index in [0.29, 0.717) is 18.1 Å². The van der Waals surface area contributed by atoms with Gasteiger partial charge >= 0.3 is 0 Å². The zero-order chi connectivity index (χ0) is 10.1. The first-order chi connectivity index (χ1) is 6.72. The second-order valence-electron chi connectivity index (χ2n) is 4.14. The van der Waals surface area contributed by atoms with Gasteiger partial charge in [-0.15, -0.1) is 0 Å². The third kappa shape index (κ3) is 1.49. The monoisotopic (exact) mass is 192 g/mol. The van der Waals surface area contributed by atoms with Crippen LogP contribution in [-0.2, 0) is 9.53 Å². The Balaban J connectivity index is 2.30. The molecular formula is C12H16O2. The van der Waals surface area contributed by atoms with Crippen LogP contribution in [0.1, 0.15) is 32.6 Å². The number of Topliss-reactive ketones (excluding diaryl/α,β-unsaturated/α-hetero) is 1. The summed E-state index contributed by atoms with van der Waals surface area (Å²) in [6, 6.07) is 0. The molecule has 0 aromatic rings. The predicted molar refractivity (Wildman–Crippen MR) is 54.7 cm³/mol. The number of ether oxygens (including phenoxy) is 1. The SMILES string of the molecule is C=CC1CC(C)C2=C(CCCC2=O)O1. The van der Waals surface area contributed by atoms with Gasteiger partial charge in [-0.05, 0) is 18.8 Å². The third-order valence-corrected chi connectivity index (χ3v) is 3.04. The molecule has 0 amide bonds. The second-order valence-corrected chi connectivity index (χ2v) is 4.14. The topological polar surface area (TPSA) is 26.3 Å². The lowest BCUT2D eigenvalue weighted by Gasteiger charge is -2.33. The van der Waals surface area contributed by atoms with Crippen molar-refractivity contribution in [1.82, 2.24) is 0 Å². The largest absolute Gasteiger partial charge is 0.490 e. The molecule has 2 nitrogen and oxygen atoms in total. The van der Waals surface area contributed by atoms with Gasteiger partial charge in [-0.25, -0.2) is 0 Å². The average molecular weight is 192 g/mol. The molecule has 0 fully saturated rings. The summed E-state index contributed by atoms with van der Waals surface area (Å²) < 4.78 is 5.72. The summed E-state index contributed by atoms with van der Waals surface area (Å²) in [6.07, 6.45) is 5.40. The Bertz CT molecular complexity index is 301. The van der Waals surface area contributed by atoms with Crippen molar-refractivity contribution in [2.24, 2.45) is 5.92 Å². The van der Waals surface area contributed by atoms with E-state index >= 15 is 0 Å². The van der Waals surface area contributed by atoms with Gasteiger partial charge in [-0.3, -0.25) is 4.79 Å². The number of hydrogen-bond donors (Lipinski definition) is 0. The minimum atomic E-state index is 0.106. The van der Waals surface area contributed by atoms with Gasteiger partial charge in [0.15, 0.2) is 5.78 Å². The van der Waals surface area contributed by atoms with Gasteiger partial charge in [0.2, 0.25) is 0 Å². The first-order valence-electron chi connectivity index (χ1n) is 5.28. The Morgan fingerprint density at radius 1 is 1.50 bits per heavy atom. The highest BCUT2D eigenvalue weighted by Gasteiger charge is 2.32. The maximum atomic E-state index is 11.7. The zero-order valence-corrected chi connectivity index (χ0v) is 8.58. The highest BCUT2D eigenvalue weighted by Crippen LogP contribution is 2.36. The average Bonchev–Trinajstić information content (AvgIpc) is 2.17. The van der Waals surface area contributed by atoms with Crippen LogP contribution in [0.25, 0.3) is 0 Å². The fourth-order valence-corrected chi connectivity index (χ4v) is 2.35. The Hall–Kier alpha value is -1.05. The van der Waals surface area contributed by atoms with Gasteiger partial charge in [0.05, 0.1) is 0 Å². The van der Waals surface area contributed by atoms with Gasteiger partial charge < -0.3 is 4.74 Å². The third-order valence-electron chi connectivity index (χ3n) is 3.04. The van der Waals surface area contributed by atoms with E-state index in [-0.39, 0.29) is 6.10 Å². The lowest BCUT2D eigenvalue weighted by Crippen LogP contribution is -2.28. The molecule has 0 aromatic heterocycles. The Kier molecular flexibility index (Phi) is 2.44. The first kappa shape index (κ1) is 9.50. The minimum Gasteiger partial charge on any atom is -0.490 e. The molecule has 1 aliphatic heterocycles. The van der Waals surface area contributed by atoms with Gasteiger partial charge in [0.1, 0.15) is 11.9 Å². The van der Waals surface area contributed by atoms with Gasteiger partial charge in [-0.1, -0.05) is 19.6 Å². The number of hydrogen-bond acceptors (Lipinski definition) is 2. The number of carbonyl (C=O) groups excluding carboxylic acids is 1. The van der Waals surface area contributed by atoms with E-state index in [2.05, 4.69) is 13.5 Å². The van der Waals surface area contributed by atoms with Crippen LogP contribution in [0.3, 0.4) is 0 Å². The molecule has 2 atom stereocenters. The standard InChI is InChI=1S/C12H16O2/c1-3-9-7-8(2)12-10(13)5-4-6-11(12)14-9/h3,8-9H,1,4-7H2,2H3. The molecule has 0 saturated carbocycles. The van der Waals surface area contributed by atoms with Crippen LogP contribution in [0.5, 0.6) is 0 Å². The van der Waals surface area contributed by atoms with Gasteiger partial charge in [0.25, 0.3) is 0 Å². The van der Waals surface area contributed by atoms with E-state index in [1.807, 2.05) is 6.08 Å². The first-order valence-corrected chi connectivity index (χ1v) is 5.28. The summed E-state index contributed by atoms with van der Waals surface area (Å²) in [6.45, 7) is 5.85. The molecule has 1 heterocycles. The van der Waals surface area contributed by atoms with E-state index in [4.69, 9.17) is 4.74 Å². The van der Waals surface area contributed by atoms with Crippen molar-refractivity contribution in [2.75, 3.05) is 0 Å². The molecule has 1 aliphatic carbocycles. The molecular weight excluding hydrogens is 176 g/mol. The van der Waals surface area contributed by atoms with Gasteiger partial charge in [-0.2, -0.15) is 0 Å². The molecule has 0 saturated heterocycles. The summed E-state index contributed by atoms with van der Waals surface area (Å²) in [5.41, 5.74) is 0.953. The van der Waals surface area contributed by atoms with Crippen LogP contribution >= 0.6 is 0 Å². The van der Waals surface area contributed by atoms with Crippen LogP contribution in [0.2, 0.25) is 0 Å². The predicted octanol–water partition coefficient (Wildman–Crippen LogP) is 2.60. The Labute approximate surface area is 84.6 Å². The van der Waals surface area contributed by atoms with E-state index in [1.165, 1.54) is 0 Å². The summed E-state index contributed by atoms with van der Waals surface area (Å²) in [7, 11) is 0. The molecule has 0 spiro atoms. The Morgan fingerprint density at radius 2 is 2.29 bits per heavy atom. The van der Waals surface area contributed by atoms with E-state index in [0.717, 1.165) is 30.6 Å². The number of rotatable bonds is 1. The summed E-state index contributed by atoms with van der Waals surface area (Å²) in [4.78, 5) is 11.7. The van der Waals surface area contributed by atoms with E-state index < -0.39 is 0 Å². The lowest BCUT2D eigenvalue weighted by atomic mass is 9.83. The number of allylic oxidation sites excluding steroid dienone is 2. The molecule has 0 bridgehead atoms. The molecule has 14 heavy (non-hydrogen) atoms. The van der Waals surface area contributed by atoms with Crippen molar-refractivity contribution >= 4 is 5.78 Å². The molecule has 76 valence electrons. The van der Waals surface area contributed by atoms with Gasteiger partial charge in [0, 0.05) is 18.4 Å². The minimum absolute atomic E-state index is 0.106. The van der Waals surface area contributed by atoms with Crippen molar-refractivity contribution in [3.05, 3.63) is 24.0 Å². The second kappa shape index (κ2) is 3.60. The van der Waals surface area contributed by atoms with E-state index in [1.54, 1.807) is 0 Å². The van der Waals surface area contributed by atoms with Crippen LogP contribution in [-0.4, -0.2) is 11.9 Å². The molecule has 2 aliphatic rings. The summed E-state index contributed by atoms with van der Waals surface area (Å²) >= 11 is 0. The highest BCUT2D eigenvalue weighted by molar-refractivity contribution is 5.97. The van der Waals surface area contributed by atoms with Crippen LogP contribution in [0, 0.1) is 5.92 Å². The molecule has 0 radical (unpaired) electrons. The molecule has 2 unspecified atom stereocenters. The molecule has 0 N–H and O–H groups in total. The van der Waals surface area contributed by atoms with Crippen molar-refractivity contribution in [2.45, 2.75) is 38.7 Å². The highest BCUT2D eigenvalue weighted by atomic mass is 16.5. The lowest BCUT2D eigenvalue weighted by molar-refractivity contribution is -0.117. The van der Waals surface area contributed by atoms with Crippen molar-refractivity contribution in [1.29, 1.82) is 0 Å². The number of ketones is 1. The molecule has 2 rings (SSSR count). The van der Waals surface area contributed by atoms with Crippen LogP contribution in [0.15, 0.2) is 24.0 Å². The van der Waals surface area contributed by atoms with E-state index in [9.17, 15) is 4.79 Å². The maximum absolute atomic E-state index is 11.7. The maximum Gasteiger partial charge on any atom is 0.162 e. The smallest absolute Gasteiger partial charge is 0.162 e. The summed E-state index contributed by atoms with van der Waals surface area (Å²) in [5, 5.41) is 0. The summed E-state index contributed by atoms with van der Waals surface area (Å²) in [5.74, 6) is 1.57.